The Hall–Kier alpha value is -0.980. The first kappa shape index (κ1) is 13.1. The van der Waals surface area contributed by atoms with Crippen LogP contribution in [0.25, 0.3) is 0 Å². The Balaban J connectivity index is 2.41. The Morgan fingerprint density at radius 3 is 2.88 bits per heavy atom. The van der Waals surface area contributed by atoms with Gasteiger partial charge in [0.25, 0.3) is 0 Å². The summed E-state index contributed by atoms with van der Waals surface area (Å²) in [6, 6.07) is -0.223. The maximum absolute atomic E-state index is 11.5. The molecule has 1 atom stereocenters. The van der Waals surface area contributed by atoms with Gasteiger partial charge in [-0.15, -0.1) is 0 Å². The lowest BCUT2D eigenvalue weighted by Gasteiger charge is -2.33. The Labute approximate surface area is 95.1 Å². The Kier molecular flexibility index (Phi) is 5.37. The largest absolute Gasteiger partial charge is 0.379 e. The maximum atomic E-state index is 11.5. The quantitative estimate of drug-likeness (QED) is 0.437. The van der Waals surface area contributed by atoms with Crippen molar-refractivity contribution < 1.29 is 14.3 Å². The number of carbonyl (C=O) groups is 2. The number of hydrogen-bond acceptors (Lipinski definition) is 5. The van der Waals surface area contributed by atoms with E-state index in [2.05, 4.69) is 5.32 Å². The molecule has 0 aromatic heterocycles. The first-order valence-corrected chi connectivity index (χ1v) is 5.54. The van der Waals surface area contributed by atoms with E-state index in [1.165, 1.54) is 0 Å². The van der Waals surface area contributed by atoms with E-state index in [0.717, 1.165) is 0 Å². The second-order valence-corrected chi connectivity index (χ2v) is 3.71. The molecule has 0 bridgehead atoms. The Morgan fingerprint density at radius 2 is 2.25 bits per heavy atom. The van der Waals surface area contributed by atoms with Crippen molar-refractivity contribution in [1.29, 1.82) is 0 Å². The molecule has 16 heavy (non-hydrogen) atoms. The molecule has 0 radical (unpaired) electrons. The molecule has 1 unspecified atom stereocenters. The first-order valence-electron chi connectivity index (χ1n) is 5.54. The van der Waals surface area contributed by atoms with Crippen molar-refractivity contribution in [2.24, 2.45) is 5.73 Å². The fraction of sp³-hybridized carbons (Fsp3) is 0.800. The van der Waals surface area contributed by atoms with Gasteiger partial charge in [0.15, 0.2) is 0 Å². The van der Waals surface area contributed by atoms with Crippen LogP contribution in [0, 0.1) is 0 Å². The second-order valence-electron chi connectivity index (χ2n) is 3.71. The van der Waals surface area contributed by atoms with E-state index in [9.17, 15) is 9.59 Å². The van der Waals surface area contributed by atoms with E-state index in [1.54, 1.807) is 0 Å². The van der Waals surface area contributed by atoms with Crippen molar-refractivity contribution in [1.82, 2.24) is 10.2 Å². The van der Waals surface area contributed by atoms with Gasteiger partial charge in [-0.25, -0.2) is 0 Å². The van der Waals surface area contributed by atoms with Crippen molar-refractivity contribution in [2.45, 2.75) is 19.4 Å². The molecule has 1 aliphatic rings. The van der Waals surface area contributed by atoms with Gasteiger partial charge < -0.3 is 10.5 Å². The molecule has 6 heteroatoms. The van der Waals surface area contributed by atoms with Crippen LogP contribution in [0.1, 0.15) is 13.3 Å². The molecule has 0 saturated carbocycles. The fourth-order valence-electron chi connectivity index (χ4n) is 1.77. The van der Waals surface area contributed by atoms with E-state index in [4.69, 9.17) is 10.5 Å². The molecule has 1 saturated heterocycles. The highest BCUT2D eigenvalue weighted by molar-refractivity contribution is 6.01. The molecular formula is C10H19N3O3. The van der Waals surface area contributed by atoms with E-state index >= 15 is 0 Å². The van der Waals surface area contributed by atoms with Gasteiger partial charge in [-0.05, 0) is 6.42 Å². The Morgan fingerprint density at radius 1 is 1.50 bits per heavy atom. The minimum Gasteiger partial charge on any atom is -0.379 e. The normalized spacial score (nSPS) is 22.2. The lowest BCUT2D eigenvalue weighted by Crippen LogP contribution is -2.58. The summed E-state index contributed by atoms with van der Waals surface area (Å²) < 4.78 is 5.24. The van der Waals surface area contributed by atoms with Crippen molar-refractivity contribution in [2.75, 3.05) is 32.8 Å². The average Bonchev–Trinajstić information content (AvgIpc) is 2.24. The van der Waals surface area contributed by atoms with Gasteiger partial charge in [0.2, 0.25) is 11.8 Å². The average molecular weight is 229 g/mol. The molecule has 0 spiro atoms. The van der Waals surface area contributed by atoms with Gasteiger partial charge in [-0.2, -0.15) is 0 Å². The second kappa shape index (κ2) is 6.57. The predicted octanol–water partition coefficient (Wildman–Crippen LogP) is -1.30. The lowest BCUT2D eigenvalue weighted by atomic mass is 10.1. The van der Waals surface area contributed by atoms with Crippen molar-refractivity contribution >= 4 is 11.8 Å². The highest BCUT2D eigenvalue weighted by Gasteiger charge is 2.31. The zero-order valence-electron chi connectivity index (χ0n) is 9.57. The van der Waals surface area contributed by atoms with Gasteiger partial charge in [-0.1, -0.05) is 6.92 Å². The molecule has 1 rings (SSSR count). The molecular weight excluding hydrogens is 210 g/mol. The zero-order valence-corrected chi connectivity index (χ0v) is 9.57. The third-order valence-corrected chi connectivity index (χ3v) is 2.52. The van der Waals surface area contributed by atoms with Gasteiger partial charge in [0, 0.05) is 13.1 Å². The molecule has 2 amide bonds. The van der Waals surface area contributed by atoms with Crippen molar-refractivity contribution in [3.8, 4) is 0 Å². The topological polar surface area (TPSA) is 84.7 Å². The van der Waals surface area contributed by atoms with Crippen LogP contribution >= 0.6 is 0 Å². The Bertz CT molecular complexity index is 258. The van der Waals surface area contributed by atoms with E-state index in [1.807, 2.05) is 11.8 Å². The fourth-order valence-corrected chi connectivity index (χ4v) is 1.77. The van der Waals surface area contributed by atoms with E-state index in [-0.39, 0.29) is 24.4 Å². The highest BCUT2D eigenvalue weighted by Crippen LogP contribution is 2.08. The number of hydrogen-bond donors (Lipinski definition) is 2. The lowest BCUT2D eigenvalue weighted by molar-refractivity contribution is -0.140. The van der Waals surface area contributed by atoms with Crippen LogP contribution in [0.15, 0.2) is 0 Å². The summed E-state index contributed by atoms with van der Waals surface area (Å²) in [5.74, 6) is -0.453. The van der Waals surface area contributed by atoms with E-state index in [0.29, 0.717) is 32.7 Å². The maximum Gasteiger partial charge on any atom is 0.243 e. The van der Waals surface area contributed by atoms with Crippen LogP contribution in [0.2, 0.25) is 0 Å². The number of nitrogens with one attached hydrogen (secondary N) is 1. The molecule has 0 aromatic rings. The molecule has 1 heterocycles. The van der Waals surface area contributed by atoms with Crippen LogP contribution in [-0.4, -0.2) is 55.6 Å². The molecule has 0 aromatic carbocycles. The summed E-state index contributed by atoms with van der Waals surface area (Å²) in [6.07, 6.45) is 0.690. The third kappa shape index (κ3) is 3.55. The first-order chi connectivity index (χ1) is 7.69. The summed E-state index contributed by atoms with van der Waals surface area (Å²) >= 11 is 0. The molecule has 6 nitrogen and oxygen atoms in total. The number of imide groups is 1. The summed E-state index contributed by atoms with van der Waals surface area (Å²) in [7, 11) is 0. The number of nitrogens with two attached hydrogens (primary N) is 1. The summed E-state index contributed by atoms with van der Waals surface area (Å²) in [4.78, 5) is 24.5. The third-order valence-electron chi connectivity index (χ3n) is 2.52. The molecule has 92 valence electrons. The highest BCUT2D eigenvalue weighted by atomic mass is 16.5. The van der Waals surface area contributed by atoms with Crippen LogP contribution in [0.3, 0.4) is 0 Å². The molecule has 3 N–H and O–H groups in total. The minimum atomic E-state index is -0.242. The van der Waals surface area contributed by atoms with Gasteiger partial charge >= 0.3 is 0 Å². The number of amides is 2. The van der Waals surface area contributed by atoms with Gasteiger partial charge in [0.1, 0.15) is 0 Å². The van der Waals surface area contributed by atoms with Crippen LogP contribution in [0.4, 0.5) is 0 Å². The predicted molar refractivity (Wildman–Crippen MR) is 58.7 cm³/mol. The van der Waals surface area contributed by atoms with Gasteiger partial charge in [0.05, 0.1) is 25.8 Å². The smallest absolute Gasteiger partial charge is 0.243 e. The molecule has 1 fully saturated rings. The standard InChI is InChI=1S/C10H19N3O3/c1-2-8-10(15)12-9(14)7-13(8)4-6-16-5-3-11/h8H,2-7,11H2,1H3,(H,12,14,15). The molecule has 1 aliphatic heterocycles. The van der Waals surface area contributed by atoms with Gasteiger partial charge in [-0.3, -0.25) is 19.8 Å². The van der Waals surface area contributed by atoms with Crippen LogP contribution in [-0.2, 0) is 14.3 Å². The SMILES string of the molecule is CCC1C(=O)NC(=O)CN1CCOCCN. The van der Waals surface area contributed by atoms with Crippen LogP contribution in [0.5, 0.6) is 0 Å². The number of ether oxygens (including phenoxy) is 1. The zero-order chi connectivity index (χ0) is 12.0. The summed E-state index contributed by atoms with van der Waals surface area (Å²) in [5, 5.41) is 2.33. The summed E-state index contributed by atoms with van der Waals surface area (Å²) in [6.45, 7) is 4.25. The van der Waals surface area contributed by atoms with Crippen molar-refractivity contribution in [3.63, 3.8) is 0 Å². The number of piperazine rings is 1. The number of carbonyl (C=O) groups excluding carboxylic acids is 2. The molecule has 0 aliphatic carbocycles. The van der Waals surface area contributed by atoms with Crippen LogP contribution < -0.4 is 11.1 Å². The monoisotopic (exact) mass is 229 g/mol. The minimum absolute atomic E-state index is 0.211. The van der Waals surface area contributed by atoms with Crippen molar-refractivity contribution in [3.05, 3.63) is 0 Å². The summed E-state index contributed by atoms with van der Waals surface area (Å²) in [5.41, 5.74) is 5.29. The number of nitrogens with zero attached hydrogens (tertiary/aromatic N) is 1. The van der Waals surface area contributed by atoms with E-state index < -0.39 is 0 Å². The number of rotatable bonds is 6.